The van der Waals surface area contributed by atoms with Crippen LogP contribution in [0.4, 0.5) is 0 Å². The highest BCUT2D eigenvalue weighted by Crippen LogP contribution is 2.37. The molecule has 2 aromatic rings. The summed E-state index contributed by atoms with van der Waals surface area (Å²) in [5.74, 6) is -1.72. The largest absolute Gasteiger partial charge is 0.478 e. The van der Waals surface area contributed by atoms with E-state index in [4.69, 9.17) is 0 Å². The predicted octanol–water partition coefficient (Wildman–Crippen LogP) is 2.60. The lowest BCUT2D eigenvalue weighted by Crippen LogP contribution is -2.15. The van der Waals surface area contributed by atoms with Crippen LogP contribution in [0.15, 0.2) is 42.0 Å². The lowest BCUT2D eigenvalue weighted by molar-refractivity contribution is -0.133. The minimum absolute atomic E-state index is 0.135. The Morgan fingerprint density at radius 3 is 2.56 bits per heavy atom. The lowest BCUT2D eigenvalue weighted by Gasteiger charge is -2.21. The molecule has 3 nitrogen and oxygen atoms in total. The van der Waals surface area contributed by atoms with E-state index in [-0.39, 0.29) is 5.57 Å². The van der Waals surface area contributed by atoms with Gasteiger partial charge in [-0.25, -0.2) is 4.79 Å². The highest BCUT2D eigenvalue weighted by molar-refractivity contribution is 6.07. The van der Waals surface area contributed by atoms with Gasteiger partial charge in [0.1, 0.15) is 6.29 Å². The summed E-state index contributed by atoms with van der Waals surface area (Å²) in [6.45, 7) is 0. The van der Waals surface area contributed by atoms with Crippen molar-refractivity contribution in [3.8, 4) is 0 Å². The number of benzene rings is 2. The monoisotopic (exact) mass is 238 g/mol. The van der Waals surface area contributed by atoms with Crippen molar-refractivity contribution in [3.63, 3.8) is 0 Å². The summed E-state index contributed by atoms with van der Waals surface area (Å²) in [5.41, 5.74) is 1.77. The third kappa shape index (κ3) is 1.37. The minimum atomic E-state index is -1.04. The Morgan fingerprint density at radius 2 is 1.89 bits per heavy atom. The molecule has 1 N–H and O–H groups in total. The molecule has 1 atom stereocenters. The van der Waals surface area contributed by atoms with Crippen LogP contribution in [0.25, 0.3) is 16.8 Å². The van der Waals surface area contributed by atoms with Gasteiger partial charge in [0.2, 0.25) is 0 Å². The molecule has 0 radical (unpaired) electrons. The number of aldehydes is 1. The highest BCUT2D eigenvalue weighted by atomic mass is 16.4. The van der Waals surface area contributed by atoms with Crippen LogP contribution in [-0.4, -0.2) is 17.4 Å². The second-order valence-corrected chi connectivity index (χ2v) is 4.31. The summed E-state index contributed by atoms with van der Waals surface area (Å²) in [5, 5.41) is 11.2. The molecule has 1 aliphatic rings. The van der Waals surface area contributed by atoms with Crippen LogP contribution >= 0.6 is 0 Å². The van der Waals surface area contributed by atoms with Crippen molar-refractivity contribution < 1.29 is 14.7 Å². The molecule has 0 amide bonds. The first-order valence-corrected chi connectivity index (χ1v) is 5.64. The van der Waals surface area contributed by atoms with Crippen molar-refractivity contribution in [1.82, 2.24) is 0 Å². The third-order valence-corrected chi connectivity index (χ3v) is 3.33. The quantitative estimate of drug-likeness (QED) is 0.818. The van der Waals surface area contributed by atoms with Crippen LogP contribution < -0.4 is 0 Å². The zero-order valence-electron chi connectivity index (χ0n) is 9.46. The molecule has 1 aliphatic carbocycles. The number of hydrogen-bond donors (Lipinski definition) is 1. The third-order valence-electron chi connectivity index (χ3n) is 3.33. The molecule has 88 valence electrons. The van der Waals surface area contributed by atoms with Gasteiger partial charge in [-0.2, -0.15) is 0 Å². The first-order valence-electron chi connectivity index (χ1n) is 5.64. The van der Waals surface area contributed by atoms with Gasteiger partial charge in [-0.05, 0) is 28.0 Å². The van der Waals surface area contributed by atoms with Crippen LogP contribution in [0.1, 0.15) is 17.0 Å². The van der Waals surface area contributed by atoms with Gasteiger partial charge < -0.3 is 9.90 Å². The minimum Gasteiger partial charge on any atom is -0.478 e. The fraction of sp³-hybridized carbons (Fsp3) is 0.0667. The molecule has 2 aromatic carbocycles. The summed E-state index contributed by atoms with van der Waals surface area (Å²) in [6, 6.07) is 11.4. The summed E-state index contributed by atoms with van der Waals surface area (Å²) in [4.78, 5) is 22.4. The van der Waals surface area contributed by atoms with Gasteiger partial charge in [0.25, 0.3) is 0 Å². The normalized spacial score (nSPS) is 17.3. The average molecular weight is 238 g/mol. The Hall–Kier alpha value is -2.42. The van der Waals surface area contributed by atoms with Crippen molar-refractivity contribution >= 4 is 29.1 Å². The van der Waals surface area contributed by atoms with Crippen LogP contribution in [0.5, 0.6) is 0 Å². The molecule has 0 bridgehead atoms. The smallest absolute Gasteiger partial charge is 0.332 e. The summed E-state index contributed by atoms with van der Waals surface area (Å²) in [7, 11) is 0. The topological polar surface area (TPSA) is 54.4 Å². The molecule has 0 aromatic heterocycles. The van der Waals surface area contributed by atoms with Crippen LogP contribution in [0, 0.1) is 0 Å². The lowest BCUT2D eigenvalue weighted by atomic mass is 9.81. The van der Waals surface area contributed by atoms with Gasteiger partial charge in [-0.15, -0.1) is 0 Å². The Kier molecular flexibility index (Phi) is 2.27. The molecule has 0 spiro atoms. The predicted molar refractivity (Wildman–Crippen MR) is 68.4 cm³/mol. The molecule has 0 saturated heterocycles. The van der Waals surface area contributed by atoms with Crippen molar-refractivity contribution in [2.45, 2.75) is 5.92 Å². The molecular formula is C15H10O3. The van der Waals surface area contributed by atoms with Crippen molar-refractivity contribution in [1.29, 1.82) is 0 Å². The molecular weight excluding hydrogens is 228 g/mol. The van der Waals surface area contributed by atoms with Crippen molar-refractivity contribution in [2.24, 2.45) is 0 Å². The van der Waals surface area contributed by atoms with Gasteiger partial charge in [0.15, 0.2) is 0 Å². The van der Waals surface area contributed by atoms with Crippen molar-refractivity contribution in [2.75, 3.05) is 0 Å². The van der Waals surface area contributed by atoms with E-state index in [0.29, 0.717) is 6.29 Å². The highest BCUT2D eigenvalue weighted by Gasteiger charge is 2.27. The van der Waals surface area contributed by atoms with Crippen LogP contribution in [0.2, 0.25) is 0 Å². The van der Waals surface area contributed by atoms with Gasteiger partial charge >= 0.3 is 5.97 Å². The molecule has 0 heterocycles. The fourth-order valence-electron chi connectivity index (χ4n) is 2.55. The van der Waals surface area contributed by atoms with E-state index in [1.807, 2.05) is 36.4 Å². The fourth-order valence-corrected chi connectivity index (χ4v) is 2.55. The maximum absolute atomic E-state index is 11.2. The first-order chi connectivity index (χ1) is 8.72. The maximum atomic E-state index is 11.2. The SMILES string of the molecule is O=CC1C(C(=O)O)=Cc2cccc3cccc1c23. The summed E-state index contributed by atoms with van der Waals surface area (Å²) >= 11 is 0. The first kappa shape index (κ1) is 10.7. The molecule has 18 heavy (non-hydrogen) atoms. The van der Waals surface area contributed by atoms with E-state index in [0.717, 1.165) is 21.9 Å². The van der Waals surface area contributed by atoms with E-state index in [1.165, 1.54) is 0 Å². The molecule has 0 aliphatic heterocycles. The van der Waals surface area contributed by atoms with Crippen LogP contribution in [-0.2, 0) is 9.59 Å². The van der Waals surface area contributed by atoms with E-state index in [1.54, 1.807) is 6.08 Å². The van der Waals surface area contributed by atoms with Gasteiger partial charge in [0.05, 0.1) is 11.5 Å². The van der Waals surface area contributed by atoms with Crippen LogP contribution in [0.3, 0.4) is 0 Å². The van der Waals surface area contributed by atoms with Crippen molar-refractivity contribution in [3.05, 3.63) is 53.1 Å². The Morgan fingerprint density at radius 1 is 1.17 bits per heavy atom. The summed E-state index contributed by atoms with van der Waals surface area (Å²) < 4.78 is 0. The molecule has 3 heteroatoms. The standard InChI is InChI=1S/C15H10O3/c16-8-13-11-6-2-4-9-3-1-5-10(14(9)11)7-12(13)15(17)18/h1-8,13H,(H,17,18). The zero-order chi connectivity index (χ0) is 12.7. The van der Waals surface area contributed by atoms with Gasteiger partial charge in [-0.3, -0.25) is 0 Å². The number of hydrogen-bond acceptors (Lipinski definition) is 2. The van der Waals surface area contributed by atoms with Gasteiger partial charge in [0, 0.05) is 0 Å². The number of carbonyl (C=O) groups is 2. The molecule has 0 saturated carbocycles. The number of rotatable bonds is 2. The Labute approximate surface area is 103 Å². The van der Waals surface area contributed by atoms with E-state index in [2.05, 4.69) is 0 Å². The van der Waals surface area contributed by atoms with E-state index >= 15 is 0 Å². The molecule has 0 fully saturated rings. The number of aliphatic carboxylic acids is 1. The number of carbonyl (C=O) groups excluding carboxylic acids is 1. The molecule has 1 unspecified atom stereocenters. The Bertz CT molecular complexity index is 693. The number of carboxylic acid groups (broad SMARTS) is 1. The average Bonchev–Trinajstić information content (AvgIpc) is 2.39. The number of carboxylic acids is 1. The summed E-state index contributed by atoms with van der Waals surface area (Å²) in [6.07, 6.45) is 2.29. The molecule has 3 rings (SSSR count). The maximum Gasteiger partial charge on any atom is 0.332 e. The van der Waals surface area contributed by atoms with E-state index < -0.39 is 11.9 Å². The van der Waals surface area contributed by atoms with Gasteiger partial charge in [-0.1, -0.05) is 36.4 Å². The Balaban J connectivity index is 2.41. The second kappa shape index (κ2) is 3.81. The van der Waals surface area contributed by atoms with E-state index in [9.17, 15) is 14.7 Å². The zero-order valence-corrected chi connectivity index (χ0v) is 9.46. The second-order valence-electron chi connectivity index (χ2n) is 4.31.